The number of esters is 1. The zero-order valence-corrected chi connectivity index (χ0v) is 36.8. The van der Waals surface area contributed by atoms with Gasteiger partial charge >= 0.3 is 5.97 Å². The molecule has 4 aliphatic carbocycles. The Morgan fingerprint density at radius 2 is 1.16 bits per heavy atom. The van der Waals surface area contributed by atoms with Crippen molar-refractivity contribution in [2.45, 2.75) is 248 Å². The van der Waals surface area contributed by atoms with Crippen LogP contribution in [-0.2, 0) is 9.53 Å². The highest BCUT2D eigenvalue weighted by molar-refractivity contribution is 9.12. The normalized spacial score (nSPS) is 35.0. The van der Waals surface area contributed by atoms with E-state index in [0.29, 0.717) is 16.7 Å². The summed E-state index contributed by atoms with van der Waals surface area (Å²) in [5.74, 6) is 3.54. The van der Waals surface area contributed by atoms with Gasteiger partial charge in [-0.2, -0.15) is 0 Å². The van der Waals surface area contributed by atoms with Gasteiger partial charge in [-0.3, -0.25) is 4.79 Å². The minimum atomic E-state index is 0.0167. The Morgan fingerprint density at radius 1 is 0.640 bits per heavy atom. The quantitative estimate of drug-likeness (QED) is 0.0521. The predicted octanol–water partition coefficient (Wildman–Crippen LogP) is 15.9. The summed E-state index contributed by atoms with van der Waals surface area (Å²) in [6, 6.07) is 0. The third-order valence-corrected chi connectivity index (χ3v) is 18.9. The van der Waals surface area contributed by atoms with E-state index in [1.54, 1.807) is 0 Å². The molecule has 292 valence electrons. The van der Waals surface area contributed by atoms with Gasteiger partial charge in [0.05, 0.1) is 0 Å². The maximum Gasteiger partial charge on any atom is 0.306 e. The number of alkyl halides is 2. The van der Waals surface area contributed by atoms with Gasteiger partial charge in [-0.25, -0.2) is 0 Å². The molecule has 4 aliphatic rings. The SMILES string of the molecule is CCCCCCCCCCCCCCCCCCC(=O)O[C@H]1CC[C@]2(C)[C@@H]3CC[C@]4(C)[C@H](CCCCCCCC)CC[C@@H]4[C@@H]3C[C@H](Br)[C@]2(Br)C1. The fourth-order valence-electron chi connectivity index (χ4n) is 12.1. The molecule has 0 aromatic rings. The molecule has 0 spiro atoms. The van der Waals surface area contributed by atoms with Crippen molar-refractivity contribution in [1.82, 2.24) is 0 Å². The Bertz CT molecular complexity index is 954. The second-order valence-corrected chi connectivity index (χ2v) is 21.2. The van der Waals surface area contributed by atoms with Crippen molar-refractivity contribution < 1.29 is 9.53 Å². The number of hydrogen-bond acceptors (Lipinski definition) is 2. The summed E-state index contributed by atoms with van der Waals surface area (Å²) in [7, 11) is 0. The summed E-state index contributed by atoms with van der Waals surface area (Å²) >= 11 is 8.73. The maximum absolute atomic E-state index is 13.0. The molecule has 50 heavy (non-hydrogen) atoms. The highest BCUT2D eigenvalue weighted by atomic mass is 79.9. The monoisotopic (exact) mass is 824 g/mol. The lowest BCUT2D eigenvalue weighted by atomic mass is 9.44. The summed E-state index contributed by atoms with van der Waals surface area (Å²) in [5.41, 5.74) is 0.818. The summed E-state index contributed by atoms with van der Waals surface area (Å²) in [4.78, 5) is 13.4. The van der Waals surface area contributed by atoms with Gasteiger partial charge in [-0.1, -0.05) is 194 Å². The molecule has 0 amide bonds. The zero-order chi connectivity index (χ0) is 35.9. The molecule has 4 saturated carbocycles. The van der Waals surface area contributed by atoms with Crippen LogP contribution in [0.5, 0.6) is 0 Å². The van der Waals surface area contributed by atoms with Crippen LogP contribution in [0.3, 0.4) is 0 Å². The topological polar surface area (TPSA) is 26.3 Å². The molecule has 0 heterocycles. The molecular weight excluding hydrogens is 744 g/mol. The Labute approximate surface area is 328 Å². The van der Waals surface area contributed by atoms with E-state index in [1.165, 1.54) is 180 Å². The molecule has 0 saturated heterocycles. The third kappa shape index (κ3) is 11.5. The molecule has 0 bridgehead atoms. The standard InChI is InChI=1S/C46H82Br2O2/c1-5-7-9-11-13-14-15-16-17-18-19-20-21-22-24-26-28-43(49)50-38-31-34-45(4)41-32-33-44(3)37(27-25-23-12-10-8-6-2)29-30-40(44)39(41)35-42(47)46(45,48)36-38/h37-42H,5-36H2,1-4H3/t37-,38+,39+,40-,41-,42+,44-,45-,46-/m1/s1. The minimum Gasteiger partial charge on any atom is -0.462 e. The molecule has 9 atom stereocenters. The van der Waals surface area contributed by atoms with E-state index in [1.807, 2.05) is 0 Å². The number of ether oxygens (including phenoxy) is 1. The molecule has 4 heteroatoms. The van der Waals surface area contributed by atoms with Crippen molar-refractivity contribution >= 4 is 37.8 Å². The van der Waals surface area contributed by atoms with Gasteiger partial charge in [0.2, 0.25) is 0 Å². The molecule has 4 fully saturated rings. The second-order valence-electron chi connectivity index (χ2n) is 18.6. The van der Waals surface area contributed by atoms with Gasteiger partial charge in [-0.15, -0.1) is 0 Å². The van der Waals surface area contributed by atoms with Crippen molar-refractivity contribution in [3.05, 3.63) is 0 Å². The lowest BCUT2D eigenvalue weighted by Gasteiger charge is -2.65. The van der Waals surface area contributed by atoms with Crippen LogP contribution in [0.1, 0.15) is 233 Å². The second kappa shape index (κ2) is 22.1. The van der Waals surface area contributed by atoms with E-state index in [2.05, 4.69) is 59.6 Å². The van der Waals surface area contributed by atoms with E-state index in [-0.39, 0.29) is 21.8 Å². The van der Waals surface area contributed by atoms with Gasteiger partial charge in [-0.05, 0) is 92.3 Å². The lowest BCUT2D eigenvalue weighted by Crippen LogP contribution is -2.64. The fraction of sp³-hybridized carbons (Fsp3) is 0.978. The van der Waals surface area contributed by atoms with Crippen LogP contribution in [0.4, 0.5) is 0 Å². The van der Waals surface area contributed by atoms with Crippen molar-refractivity contribution in [1.29, 1.82) is 0 Å². The average Bonchev–Trinajstić information content (AvgIpc) is 3.43. The Hall–Kier alpha value is 0.430. The lowest BCUT2D eigenvalue weighted by molar-refractivity contribution is -0.157. The Balaban J connectivity index is 1.11. The number of halogens is 2. The summed E-state index contributed by atoms with van der Waals surface area (Å²) < 4.78 is 6.25. The van der Waals surface area contributed by atoms with Crippen molar-refractivity contribution in [2.75, 3.05) is 0 Å². The van der Waals surface area contributed by atoms with E-state index < -0.39 is 0 Å². The van der Waals surface area contributed by atoms with Crippen molar-refractivity contribution in [3.8, 4) is 0 Å². The van der Waals surface area contributed by atoms with E-state index in [0.717, 1.165) is 42.9 Å². The largest absolute Gasteiger partial charge is 0.462 e. The van der Waals surface area contributed by atoms with Gasteiger partial charge in [0.1, 0.15) is 6.10 Å². The number of fused-ring (bicyclic) bond motifs is 5. The number of unbranched alkanes of at least 4 members (excludes halogenated alkanes) is 20. The van der Waals surface area contributed by atoms with Crippen LogP contribution in [0.2, 0.25) is 0 Å². The van der Waals surface area contributed by atoms with Crippen LogP contribution in [0.25, 0.3) is 0 Å². The highest BCUT2D eigenvalue weighted by Crippen LogP contribution is 2.71. The molecular formula is C46H82Br2O2. The van der Waals surface area contributed by atoms with E-state index in [9.17, 15) is 4.79 Å². The third-order valence-electron chi connectivity index (χ3n) is 15.3. The van der Waals surface area contributed by atoms with Crippen molar-refractivity contribution in [3.63, 3.8) is 0 Å². The predicted molar refractivity (Wildman–Crippen MR) is 224 cm³/mol. The van der Waals surface area contributed by atoms with E-state index >= 15 is 0 Å². The first-order chi connectivity index (χ1) is 24.2. The minimum absolute atomic E-state index is 0.0167. The van der Waals surface area contributed by atoms with Gasteiger partial charge in [0.25, 0.3) is 0 Å². The Kier molecular flexibility index (Phi) is 19.1. The van der Waals surface area contributed by atoms with Gasteiger partial charge in [0, 0.05) is 22.0 Å². The first kappa shape index (κ1) is 43.2. The molecule has 0 aliphatic heterocycles. The number of hydrogen-bond donors (Lipinski definition) is 0. The van der Waals surface area contributed by atoms with Crippen molar-refractivity contribution in [2.24, 2.45) is 34.5 Å². The Morgan fingerprint density at radius 3 is 1.72 bits per heavy atom. The van der Waals surface area contributed by atoms with Crippen LogP contribution in [0, 0.1) is 34.5 Å². The first-order valence-electron chi connectivity index (χ1n) is 22.7. The van der Waals surface area contributed by atoms with Gasteiger partial charge < -0.3 is 4.74 Å². The van der Waals surface area contributed by atoms with Gasteiger partial charge in [0.15, 0.2) is 0 Å². The number of carbonyl (C=O) groups excluding carboxylic acids is 1. The molecule has 0 aromatic carbocycles. The van der Waals surface area contributed by atoms with Crippen LogP contribution >= 0.6 is 31.9 Å². The van der Waals surface area contributed by atoms with Crippen LogP contribution in [-0.4, -0.2) is 21.2 Å². The van der Waals surface area contributed by atoms with Crippen LogP contribution in [0.15, 0.2) is 0 Å². The molecule has 2 nitrogen and oxygen atoms in total. The number of rotatable bonds is 25. The highest BCUT2D eigenvalue weighted by Gasteiger charge is 2.66. The molecule has 0 unspecified atom stereocenters. The molecule has 4 rings (SSSR count). The summed E-state index contributed by atoms with van der Waals surface area (Å²) in [6.07, 6.45) is 42.7. The maximum atomic E-state index is 13.0. The molecule has 0 aromatic heterocycles. The smallest absolute Gasteiger partial charge is 0.306 e. The van der Waals surface area contributed by atoms with E-state index in [4.69, 9.17) is 4.74 Å². The molecule has 0 radical (unpaired) electrons. The van der Waals surface area contributed by atoms with Crippen LogP contribution < -0.4 is 0 Å². The zero-order valence-electron chi connectivity index (χ0n) is 33.7. The fourth-order valence-corrected chi connectivity index (χ4v) is 14.2. The average molecular weight is 827 g/mol. The summed E-state index contributed by atoms with van der Waals surface area (Å²) in [6.45, 7) is 9.95. The first-order valence-corrected chi connectivity index (χ1v) is 24.4. The summed E-state index contributed by atoms with van der Waals surface area (Å²) in [5, 5.41) is 0. The molecule has 0 N–H and O–H groups in total. The number of carbonyl (C=O) groups is 1.